The van der Waals surface area contributed by atoms with E-state index in [0.29, 0.717) is 17.1 Å². The van der Waals surface area contributed by atoms with E-state index in [2.05, 4.69) is 4.98 Å². The fraction of sp³-hybridized carbons (Fsp3) is 0.417. The maximum absolute atomic E-state index is 12.2. The summed E-state index contributed by atoms with van der Waals surface area (Å²) in [4.78, 5) is 18.5. The summed E-state index contributed by atoms with van der Waals surface area (Å²) in [5.74, 6) is -0.0344. The van der Waals surface area contributed by atoms with E-state index in [-0.39, 0.29) is 11.9 Å². The van der Waals surface area contributed by atoms with Gasteiger partial charge in [0.25, 0.3) is 5.91 Å². The van der Waals surface area contributed by atoms with Gasteiger partial charge < -0.3 is 10.6 Å². The summed E-state index contributed by atoms with van der Waals surface area (Å²) in [5, 5.41) is 0. The first-order valence-corrected chi connectivity index (χ1v) is 6.03. The predicted octanol–water partition coefficient (Wildman–Crippen LogP) is 1.28. The van der Waals surface area contributed by atoms with Crippen molar-refractivity contribution in [3.63, 3.8) is 0 Å². The van der Waals surface area contributed by atoms with Gasteiger partial charge in [-0.05, 0) is 31.9 Å². The summed E-state index contributed by atoms with van der Waals surface area (Å²) in [5.41, 5.74) is 7.14. The SMILES string of the molecule is Cc1ccc(C(=O)N2CCCC2C(N)=S)cn1. The van der Waals surface area contributed by atoms with E-state index in [1.165, 1.54) is 0 Å². The zero-order valence-electron chi connectivity index (χ0n) is 9.72. The number of amides is 1. The number of pyridine rings is 1. The molecule has 0 spiro atoms. The Labute approximate surface area is 106 Å². The number of nitrogens with zero attached hydrogens (tertiary/aromatic N) is 2. The van der Waals surface area contributed by atoms with Gasteiger partial charge in [-0.2, -0.15) is 0 Å². The third-order valence-electron chi connectivity index (χ3n) is 3.00. The largest absolute Gasteiger partial charge is 0.392 e. The first-order chi connectivity index (χ1) is 8.09. The van der Waals surface area contributed by atoms with Crippen molar-refractivity contribution in [2.45, 2.75) is 25.8 Å². The lowest BCUT2D eigenvalue weighted by Gasteiger charge is -2.23. The summed E-state index contributed by atoms with van der Waals surface area (Å²) >= 11 is 4.99. The number of rotatable bonds is 2. The van der Waals surface area contributed by atoms with Crippen LogP contribution >= 0.6 is 12.2 Å². The minimum absolute atomic E-state index is 0.0344. The van der Waals surface area contributed by atoms with E-state index >= 15 is 0 Å². The monoisotopic (exact) mass is 249 g/mol. The predicted molar refractivity (Wildman–Crippen MR) is 69.8 cm³/mol. The molecule has 90 valence electrons. The first-order valence-electron chi connectivity index (χ1n) is 5.62. The lowest BCUT2D eigenvalue weighted by Crippen LogP contribution is -2.42. The fourth-order valence-electron chi connectivity index (χ4n) is 2.07. The van der Waals surface area contributed by atoms with Gasteiger partial charge in [0.05, 0.1) is 16.6 Å². The van der Waals surface area contributed by atoms with Gasteiger partial charge in [-0.1, -0.05) is 12.2 Å². The van der Waals surface area contributed by atoms with Crippen molar-refractivity contribution in [2.24, 2.45) is 5.73 Å². The Hall–Kier alpha value is -1.49. The zero-order valence-corrected chi connectivity index (χ0v) is 10.5. The molecule has 17 heavy (non-hydrogen) atoms. The average molecular weight is 249 g/mol. The second kappa shape index (κ2) is 4.79. The molecule has 5 heteroatoms. The van der Waals surface area contributed by atoms with E-state index < -0.39 is 0 Å². The minimum atomic E-state index is -0.0983. The number of aryl methyl sites for hydroxylation is 1. The van der Waals surface area contributed by atoms with Crippen molar-refractivity contribution in [1.29, 1.82) is 0 Å². The van der Waals surface area contributed by atoms with Crippen LogP contribution in [-0.4, -0.2) is 33.4 Å². The molecule has 0 aliphatic carbocycles. The highest BCUT2D eigenvalue weighted by Gasteiger charge is 2.31. The van der Waals surface area contributed by atoms with E-state index in [9.17, 15) is 4.79 Å². The molecule has 1 saturated heterocycles. The Morgan fingerprint density at radius 2 is 2.35 bits per heavy atom. The van der Waals surface area contributed by atoms with Crippen LogP contribution in [0.4, 0.5) is 0 Å². The smallest absolute Gasteiger partial charge is 0.256 e. The quantitative estimate of drug-likeness (QED) is 0.802. The maximum Gasteiger partial charge on any atom is 0.256 e. The van der Waals surface area contributed by atoms with Gasteiger partial charge >= 0.3 is 0 Å². The average Bonchev–Trinajstić information content (AvgIpc) is 2.78. The highest BCUT2D eigenvalue weighted by molar-refractivity contribution is 7.80. The van der Waals surface area contributed by atoms with Crippen molar-refractivity contribution < 1.29 is 4.79 Å². The normalized spacial score (nSPS) is 19.4. The lowest BCUT2D eigenvalue weighted by atomic mass is 10.2. The number of carbonyl (C=O) groups excluding carboxylic acids is 1. The van der Waals surface area contributed by atoms with Crippen LogP contribution in [-0.2, 0) is 0 Å². The van der Waals surface area contributed by atoms with Crippen LogP contribution < -0.4 is 5.73 Å². The molecule has 1 amide bonds. The van der Waals surface area contributed by atoms with Gasteiger partial charge in [0.1, 0.15) is 0 Å². The van der Waals surface area contributed by atoms with Gasteiger partial charge in [0.15, 0.2) is 0 Å². The van der Waals surface area contributed by atoms with Gasteiger partial charge in [-0.3, -0.25) is 9.78 Å². The molecule has 2 rings (SSSR count). The highest BCUT2D eigenvalue weighted by atomic mass is 32.1. The molecule has 0 bridgehead atoms. The standard InChI is InChI=1S/C12H15N3OS/c1-8-4-5-9(7-14-8)12(16)15-6-2-3-10(15)11(13)17/h4-5,7,10H,2-3,6H2,1H3,(H2,13,17). The number of nitrogens with two attached hydrogens (primary N) is 1. The van der Waals surface area contributed by atoms with Crippen LogP contribution in [0.2, 0.25) is 0 Å². The van der Waals surface area contributed by atoms with Crippen molar-refractivity contribution in [3.8, 4) is 0 Å². The molecule has 4 nitrogen and oxygen atoms in total. The number of thiocarbonyl (C=S) groups is 1. The molecule has 1 fully saturated rings. The summed E-state index contributed by atoms with van der Waals surface area (Å²) in [6.45, 7) is 2.61. The third kappa shape index (κ3) is 2.44. The topological polar surface area (TPSA) is 59.2 Å². The van der Waals surface area contributed by atoms with Gasteiger partial charge in [-0.25, -0.2) is 0 Å². The Kier molecular flexibility index (Phi) is 3.38. The second-order valence-electron chi connectivity index (χ2n) is 4.25. The number of carbonyl (C=O) groups is 1. The molecule has 0 radical (unpaired) electrons. The van der Waals surface area contributed by atoms with Crippen molar-refractivity contribution in [1.82, 2.24) is 9.88 Å². The van der Waals surface area contributed by atoms with E-state index in [0.717, 1.165) is 18.5 Å². The molecular formula is C12H15N3OS. The zero-order chi connectivity index (χ0) is 12.4. The summed E-state index contributed by atoms with van der Waals surface area (Å²) in [7, 11) is 0. The maximum atomic E-state index is 12.2. The number of likely N-dealkylation sites (tertiary alicyclic amines) is 1. The number of aromatic nitrogens is 1. The molecule has 1 unspecified atom stereocenters. The van der Waals surface area contributed by atoms with Gasteiger partial charge in [0, 0.05) is 18.4 Å². The van der Waals surface area contributed by atoms with Crippen LogP contribution in [0.5, 0.6) is 0 Å². The number of hydrogen-bond donors (Lipinski definition) is 1. The molecule has 1 aliphatic rings. The van der Waals surface area contributed by atoms with Gasteiger partial charge in [-0.15, -0.1) is 0 Å². The molecule has 1 atom stereocenters. The first kappa shape index (κ1) is 12.0. The van der Waals surface area contributed by atoms with Crippen LogP contribution in [0.25, 0.3) is 0 Å². The fourth-order valence-corrected chi connectivity index (χ4v) is 2.31. The molecule has 1 aromatic heterocycles. The van der Waals surface area contributed by atoms with E-state index in [1.54, 1.807) is 17.2 Å². The van der Waals surface area contributed by atoms with Crippen LogP contribution in [0.1, 0.15) is 28.9 Å². The third-order valence-corrected chi connectivity index (χ3v) is 3.27. The van der Waals surface area contributed by atoms with E-state index in [4.69, 9.17) is 18.0 Å². The van der Waals surface area contributed by atoms with Crippen molar-refractivity contribution in [3.05, 3.63) is 29.6 Å². The molecule has 0 aromatic carbocycles. The molecule has 1 aromatic rings. The minimum Gasteiger partial charge on any atom is -0.392 e. The van der Waals surface area contributed by atoms with Crippen LogP contribution in [0.15, 0.2) is 18.3 Å². The second-order valence-corrected chi connectivity index (χ2v) is 4.72. The Morgan fingerprint density at radius 1 is 1.59 bits per heavy atom. The summed E-state index contributed by atoms with van der Waals surface area (Å²) in [6.07, 6.45) is 3.42. The molecule has 2 heterocycles. The van der Waals surface area contributed by atoms with E-state index in [1.807, 2.05) is 13.0 Å². The summed E-state index contributed by atoms with van der Waals surface area (Å²) < 4.78 is 0. The highest BCUT2D eigenvalue weighted by Crippen LogP contribution is 2.20. The molecule has 1 aliphatic heterocycles. The lowest BCUT2D eigenvalue weighted by molar-refractivity contribution is 0.0770. The Balaban J connectivity index is 2.19. The van der Waals surface area contributed by atoms with Crippen molar-refractivity contribution >= 4 is 23.1 Å². The molecule has 0 saturated carbocycles. The van der Waals surface area contributed by atoms with Crippen LogP contribution in [0, 0.1) is 6.92 Å². The Bertz CT molecular complexity index is 444. The number of hydrogen-bond acceptors (Lipinski definition) is 3. The van der Waals surface area contributed by atoms with Crippen molar-refractivity contribution in [2.75, 3.05) is 6.54 Å². The van der Waals surface area contributed by atoms with Crippen LogP contribution in [0.3, 0.4) is 0 Å². The summed E-state index contributed by atoms with van der Waals surface area (Å²) in [6, 6.07) is 3.53. The van der Waals surface area contributed by atoms with Gasteiger partial charge in [0.2, 0.25) is 0 Å². The Morgan fingerprint density at radius 3 is 2.94 bits per heavy atom. The molecule has 2 N–H and O–H groups in total. The molecular weight excluding hydrogens is 234 g/mol.